The number of benzene rings is 2. The maximum absolute atomic E-state index is 12.6. The summed E-state index contributed by atoms with van der Waals surface area (Å²) < 4.78 is 0. The molecule has 1 amide bonds. The summed E-state index contributed by atoms with van der Waals surface area (Å²) in [6, 6.07) is 16.5. The third-order valence-corrected chi connectivity index (χ3v) is 7.37. The second-order valence-corrected chi connectivity index (χ2v) is 9.61. The number of thioether (sulfide) groups is 1. The Morgan fingerprint density at radius 3 is 2.40 bits per heavy atom. The molecule has 1 saturated carbocycles. The minimum Gasteiger partial charge on any atom is -0.367 e. The number of amides is 1. The van der Waals surface area contributed by atoms with E-state index < -0.39 is 0 Å². The van der Waals surface area contributed by atoms with E-state index in [9.17, 15) is 4.79 Å². The van der Waals surface area contributed by atoms with Gasteiger partial charge in [0.25, 0.3) is 0 Å². The molecule has 4 nitrogen and oxygen atoms in total. The Labute approximate surface area is 189 Å². The van der Waals surface area contributed by atoms with Gasteiger partial charge in [0.15, 0.2) is 0 Å². The van der Waals surface area contributed by atoms with E-state index in [1.807, 2.05) is 36.4 Å². The lowest BCUT2D eigenvalue weighted by molar-refractivity contribution is -0.113. The Balaban J connectivity index is 1.32. The summed E-state index contributed by atoms with van der Waals surface area (Å²) in [5.41, 5.74) is 2.04. The number of anilines is 2. The first-order valence-corrected chi connectivity index (χ1v) is 12.3. The molecule has 2 aliphatic rings. The average molecular weight is 444 g/mol. The minimum atomic E-state index is 0.0169. The molecule has 0 atom stereocenters. The zero-order valence-corrected chi connectivity index (χ0v) is 18.9. The highest BCUT2D eigenvalue weighted by atomic mass is 35.5. The number of carbonyl (C=O) groups excluding carboxylic acids is 1. The van der Waals surface area contributed by atoms with Crippen molar-refractivity contribution >= 4 is 40.6 Å². The van der Waals surface area contributed by atoms with Crippen molar-refractivity contribution in [3.63, 3.8) is 0 Å². The molecule has 2 fully saturated rings. The molecule has 2 aromatic carbocycles. The number of halogens is 1. The highest BCUT2D eigenvalue weighted by molar-refractivity contribution is 8.00. The summed E-state index contributed by atoms with van der Waals surface area (Å²) in [5.74, 6) is 0.397. The van der Waals surface area contributed by atoms with Crippen molar-refractivity contribution in [1.29, 1.82) is 0 Å². The van der Waals surface area contributed by atoms with Crippen molar-refractivity contribution in [2.45, 2.75) is 43.0 Å². The molecule has 1 saturated heterocycles. The van der Waals surface area contributed by atoms with Gasteiger partial charge in [0.05, 0.1) is 17.1 Å². The lowest BCUT2D eigenvalue weighted by atomic mass is 9.94. The predicted molar refractivity (Wildman–Crippen MR) is 128 cm³/mol. The highest BCUT2D eigenvalue weighted by Crippen LogP contribution is 2.29. The molecule has 0 radical (unpaired) electrons. The monoisotopic (exact) mass is 443 g/mol. The number of nitrogens with zero attached hydrogens (tertiary/aromatic N) is 2. The van der Waals surface area contributed by atoms with Crippen LogP contribution in [0.25, 0.3) is 0 Å². The first-order chi connectivity index (χ1) is 14.7. The van der Waals surface area contributed by atoms with Crippen molar-refractivity contribution in [2.24, 2.45) is 0 Å². The predicted octanol–water partition coefficient (Wildman–Crippen LogP) is 5.53. The van der Waals surface area contributed by atoms with Gasteiger partial charge in [-0.2, -0.15) is 0 Å². The molecular formula is C24H30ClN3OS. The van der Waals surface area contributed by atoms with E-state index in [-0.39, 0.29) is 5.91 Å². The van der Waals surface area contributed by atoms with Crippen LogP contribution in [0.4, 0.5) is 11.4 Å². The van der Waals surface area contributed by atoms with Crippen LogP contribution in [0.2, 0.25) is 5.02 Å². The summed E-state index contributed by atoms with van der Waals surface area (Å²) in [4.78, 5) is 18.7. The summed E-state index contributed by atoms with van der Waals surface area (Å²) >= 11 is 7.45. The molecule has 1 aliphatic heterocycles. The van der Waals surface area contributed by atoms with Gasteiger partial charge >= 0.3 is 0 Å². The van der Waals surface area contributed by atoms with Crippen molar-refractivity contribution in [2.75, 3.05) is 42.1 Å². The van der Waals surface area contributed by atoms with Gasteiger partial charge in [0.1, 0.15) is 0 Å². The Morgan fingerprint density at radius 2 is 1.67 bits per heavy atom. The summed E-state index contributed by atoms with van der Waals surface area (Å²) in [5, 5.41) is 3.83. The largest absolute Gasteiger partial charge is 0.367 e. The van der Waals surface area contributed by atoms with Crippen LogP contribution in [0.15, 0.2) is 53.4 Å². The smallest absolute Gasteiger partial charge is 0.234 e. The van der Waals surface area contributed by atoms with Crippen molar-refractivity contribution in [3.05, 3.63) is 53.6 Å². The topological polar surface area (TPSA) is 35.6 Å². The number of para-hydroxylation sites is 2. The van der Waals surface area contributed by atoms with Gasteiger partial charge in [0.2, 0.25) is 5.91 Å². The molecule has 160 valence electrons. The normalized spacial score (nSPS) is 18.4. The van der Waals surface area contributed by atoms with Crippen molar-refractivity contribution in [3.8, 4) is 0 Å². The molecule has 0 aromatic heterocycles. The maximum Gasteiger partial charge on any atom is 0.234 e. The Morgan fingerprint density at radius 1 is 0.967 bits per heavy atom. The lowest BCUT2D eigenvalue weighted by Crippen LogP contribution is -2.51. The molecule has 1 N–H and O–H groups in total. The third kappa shape index (κ3) is 5.71. The van der Waals surface area contributed by atoms with Gasteiger partial charge in [0, 0.05) is 42.1 Å². The summed E-state index contributed by atoms with van der Waals surface area (Å²) in [7, 11) is 0. The number of nitrogens with one attached hydrogen (secondary N) is 1. The first kappa shape index (κ1) is 21.5. The van der Waals surface area contributed by atoms with Gasteiger partial charge in [-0.05, 0) is 49.2 Å². The molecule has 1 aliphatic carbocycles. The van der Waals surface area contributed by atoms with Crippen LogP contribution in [0.1, 0.15) is 32.1 Å². The fraction of sp³-hybridized carbons (Fsp3) is 0.458. The fourth-order valence-corrected chi connectivity index (χ4v) is 5.32. The molecule has 0 spiro atoms. The maximum atomic E-state index is 12.6. The zero-order valence-electron chi connectivity index (χ0n) is 17.4. The Hall–Kier alpha value is -1.69. The summed E-state index contributed by atoms with van der Waals surface area (Å²) in [6.45, 7) is 4.25. The average Bonchev–Trinajstić information content (AvgIpc) is 2.80. The third-order valence-electron chi connectivity index (χ3n) is 6.11. The van der Waals surface area contributed by atoms with E-state index in [0.29, 0.717) is 10.8 Å². The van der Waals surface area contributed by atoms with E-state index >= 15 is 0 Å². The number of hydrogen-bond acceptors (Lipinski definition) is 4. The minimum absolute atomic E-state index is 0.0169. The molecule has 30 heavy (non-hydrogen) atoms. The van der Waals surface area contributed by atoms with E-state index in [1.165, 1.54) is 43.9 Å². The quantitative estimate of drug-likeness (QED) is 0.596. The van der Waals surface area contributed by atoms with Crippen LogP contribution < -0.4 is 10.2 Å². The van der Waals surface area contributed by atoms with Crippen molar-refractivity contribution < 1.29 is 4.79 Å². The first-order valence-electron chi connectivity index (χ1n) is 11.0. The Bertz CT molecular complexity index is 831. The van der Waals surface area contributed by atoms with Crippen LogP contribution in [0.5, 0.6) is 0 Å². The molecule has 2 aromatic rings. The van der Waals surface area contributed by atoms with Crippen LogP contribution in [-0.2, 0) is 4.79 Å². The van der Waals surface area contributed by atoms with Gasteiger partial charge in [-0.3, -0.25) is 9.69 Å². The second kappa shape index (κ2) is 10.6. The van der Waals surface area contributed by atoms with Crippen LogP contribution in [-0.4, -0.2) is 48.8 Å². The standard InChI is InChI=1S/C24H30ClN3OS/c25-19-10-12-21(13-11-19)30-18-24(29)26-22-8-4-5-9-23(22)28-16-14-27(15-17-28)20-6-2-1-3-7-20/h4-5,8-13,20H,1-3,6-7,14-18H2,(H,26,29). The number of piperazine rings is 1. The molecule has 4 rings (SSSR count). The Kier molecular flexibility index (Phi) is 7.58. The van der Waals surface area contributed by atoms with Gasteiger partial charge in [-0.1, -0.05) is 43.0 Å². The number of carbonyl (C=O) groups is 1. The fourth-order valence-electron chi connectivity index (χ4n) is 4.50. The lowest BCUT2D eigenvalue weighted by Gasteiger charge is -2.42. The SMILES string of the molecule is O=C(CSc1ccc(Cl)cc1)Nc1ccccc1N1CCN(C2CCCCC2)CC1. The summed E-state index contributed by atoms with van der Waals surface area (Å²) in [6.07, 6.45) is 6.89. The van der Waals surface area contributed by atoms with Gasteiger partial charge < -0.3 is 10.2 Å². The van der Waals surface area contributed by atoms with E-state index in [1.54, 1.807) is 0 Å². The van der Waals surface area contributed by atoms with Crippen LogP contribution >= 0.6 is 23.4 Å². The zero-order chi connectivity index (χ0) is 20.8. The second-order valence-electron chi connectivity index (χ2n) is 8.12. The molecular weight excluding hydrogens is 414 g/mol. The molecule has 0 unspecified atom stereocenters. The van der Waals surface area contributed by atoms with E-state index in [0.717, 1.165) is 48.5 Å². The van der Waals surface area contributed by atoms with Gasteiger partial charge in [-0.15, -0.1) is 11.8 Å². The number of hydrogen-bond donors (Lipinski definition) is 1. The van der Waals surface area contributed by atoms with E-state index in [2.05, 4.69) is 27.2 Å². The van der Waals surface area contributed by atoms with Crippen molar-refractivity contribution in [1.82, 2.24) is 4.90 Å². The van der Waals surface area contributed by atoms with E-state index in [4.69, 9.17) is 11.6 Å². The molecule has 6 heteroatoms. The molecule has 0 bridgehead atoms. The van der Waals surface area contributed by atoms with Gasteiger partial charge in [-0.25, -0.2) is 0 Å². The van der Waals surface area contributed by atoms with Crippen LogP contribution in [0.3, 0.4) is 0 Å². The number of rotatable bonds is 6. The van der Waals surface area contributed by atoms with Crippen LogP contribution in [0, 0.1) is 0 Å². The molecule has 1 heterocycles. The highest BCUT2D eigenvalue weighted by Gasteiger charge is 2.26.